The van der Waals surface area contributed by atoms with E-state index in [1.807, 2.05) is 12.1 Å². The van der Waals surface area contributed by atoms with E-state index in [0.717, 1.165) is 24.5 Å². The summed E-state index contributed by atoms with van der Waals surface area (Å²) in [6.07, 6.45) is 5.34. The number of hydrogen-bond acceptors (Lipinski definition) is 3. The molecule has 2 aromatic rings. The SMILES string of the molecule is Nc1cccnc1N1CCCCc2ccccc21. The zero-order valence-corrected chi connectivity index (χ0v) is 10.3. The maximum absolute atomic E-state index is 6.06. The molecule has 2 N–H and O–H groups in total. The first-order chi connectivity index (χ1) is 8.86. The van der Waals surface area contributed by atoms with Crippen LogP contribution in [0.15, 0.2) is 42.6 Å². The zero-order chi connectivity index (χ0) is 12.4. The average molecular weight is 239 g/mol. The minimum absolute atomic E-state index is 0.745. The lowest BCUT2D eigenvalue weighted by molar-refractivity contribution is 0.758. The quantitative estimate of drug-likeness (QED) is 0.831. The number of para-hydroxylation sites is 1. The van der Waals surface area contributed by atoms with E-state index in [4.69, 9.17) is 5.73 Å². The minimum atomic E-state index is 0.745. The van der Waals surface area contributed by atoms with Crippen LogP contribution in [0.2, 0.25) is 0 Å². The fraction of sp³-hybridized carbons (Fsp3) is 0.267. The molecule has 0 atom stereocenters. The van der Waals surface area contributed by atoms with Crippen LogP contribution in [0.5, 0.6) is 0 Å². The van der Waals surface area contributed by atoms with E-state index in [1.165, 1.54) is 24.1 Å². The molecule has 0 unspecified atom stereocenters. The molecule has 1 aromatic heterocycles. The molecule has 1 aliphatic heterocycles. The molecule has 0 spiro atoms. The fourth-order valence-electron chi connectivity index (χ4n) is 2.55. The summed E-state index contributed by atoms with van der Waals surface area (Å²) < 4.78 is 0. The third-order valence-electron chi connectivity index (χ3n) is 3.43. The van der Waals surface area contributed by atoms with E-state index in [9.17, 15) is 0 Å². The van der Waals surface area contributed by atoms with Crippen molar-refractivity contribution in [3.8, 4) is 0 Å². The summed E-state index contributed by atoms with van der Waals surface area (Å²) in [5, 5.41) is 0. The summed E-state index contributed by atoms with van der Waals surface area (Å²) in [4.78, 5) is 6.69. The highest BCUT2D eigenvalue weighted by Crippen LogP contribution is 2.33. The molecule has 1 aromatic carbocycles. The monoisotopic (exact) mass is 239 g/mol. The van der Waals surface area contributed by atoms with Gasteiger partial charge in [0.1, 0.15) is 0 Å². The van der Waals surface area contributed by atoms with E-state index in [0.29, 0.717) is 0 Å². The number of rotatable bonds is 1. The number of nitrogens with two attached hydrogens (primary N) is 1. The lowest BCUT2D eigenvalue weighted by atomic mass is 10.1. The fourth-order valence-corrected chi connectivity index (χ4v) is 2.55. The van der Waals surface area contributed by atoms with Crippen LogP contribution in [0.3, 0.4) is 0 Å². The van der Waals surface area contributed by atoms with Crippen molar-refractivity contribution in [2.45, 2.75) is 19.3 Å². The van der Waals surface area contributed by atoms with Gasteiger partial charge in [-0.2, -0.15) is 0 Å². The van der Waals surface area contributed by atoms with Gasteiger partial charge in [0.2, 0.25) is 0 Å². The Balaban J connectivity index is 2.10. The van der Waals surface area contributed by atoms with Crippen LogP contribution in [0.25, 0.3) is 0 Å². The molecule has 3 heteroatoms. The summed E-state index contributed by atoms with van der Waals surface area (Å²) in [5.74, 6) is 0.881. The van der Waals surface area contributed by atoms with Crippen LogP contribution in [0, 0.1) is 0 Å². The maximum atomic E-state index is 6.06. The first-order valence-corrected chi connectivity index (χ1v) is 6.42. The normalized spacial score (nSPS) is 15.0. The van der Waals surface area contributed by atoms with Crippen LogP contribution in [0.1, 0.15) is 18.4 Å². The highest BCUT2D eigenvalue weighted by atomic mass is 15.2. The van der Waals surface area contributed by atoms with Crippen molar-refractivity contribution in [2.75, 3.05) is 17.2 Å². The number of anilines is 3. The Hall–Kier alpha value is -2.03. The highest BCUT2D eigenvalue weighted by molar-refractivity contribution is 5.73. The Bertz CT molecular complexity index is 551. The van der Waals surface area contributed by atoms with E-state index in [2.05, 4.69) is 34.1 Å². The van der Waals surface area contributed by atoms with Crippen LogP contribution in [-0.4, -0.2) is 11.5 Å². The lowest BCUT2D eigenvalue weighted by Gasteiger charge is -2.24. The molecule has 0 saturated heterocycles. The standard InChI is InChI=1S/C15H17N3/c16-13-8-5-10-17-15(13)18-11-4-3-7-12-6-1-2-9-14(12)18/h1-2,5-6,8-10H,3-4,7,11,16H2. The summed E-state index contributed by atoms with van der Waals surface area (Å²) in [6, 6.07) is 12.3. The maximum Gasteiger partial charge on any atom is 0.156 e. The smallest absolute Gasteiger partial charge is 0.156 e. The largest absolute Gasteiger partial charge is 0.396 e. The number of hydrogen-bond donors (Lipinski definition) is 1. The topological polar surface area (TPSA) is 42.1 Å². The first kappa shape index (κ1) is 11.1. The number of fused-ring (bicyclic) bond motifs is 1. The highest BCUT2D eigenvalue weighted by Gasteiger charge is 2.18. The number of nitrogen functional groups attached to an aromatic ring is 1. The molecule has 2 heterocycles. The number of benzene rings is 1. The van der Waals surface area contributed by atoms with E-state index < -0.39 is 0 Å². The summed E-state index contributed by atoms with van der Waals surface area (Å²) >= 11 is 0. The molecule has 1 aliphatic rings. The number of aryl methyl sites for hydroxylation is 1. The van der Waals surface area contributed by atoms with Crippen molar-refractivity contribution >= 4 is 17.2 Å². The molecule has 0 radical (unpaired) electrons. The average Bonchev–Trinajstić information content (AvgIpc) is 2.62. The van der Waals surface area contributed by atoms with Crippen molar-refractivity contribution < 1.29 is 0 Å². The minimum Gasteiger partial charge on any atom is -0.396 e. The Morgan fingerprint density at radius 2 is 1.94 bits per heavy atom. The molecule has 0 fully saturated rings. The second-order valence-corrected chi connectivity index (χ2v) is 4.65. The summed E-state index contributed by atoms with van der Waals surface area (Å²) in [5.41, 5.74) is 9.44. The van der Waals surface area contributed by atoms with Gasteiger partial charge >= 0.3 is 0 Å². The van der Waals surface area contributed by atoms with Crippen LogP contribution < -0.4 is 10.6 Å². The third kappa shape index (κ3) is 1.92. The van der Waals surface area contributed by atoms with Gasteiger partial charge in [0.25, 0.3) is 0 Å². The molecule has 0 saturated carbocycles. The molecule has 92 valence electrons. The van der Waals surface area contributed by atoms with Crippen molar-refractivity contribution in [3.05, 3.63) is 48.2 Å². The van der Waals surface area contributed by atoms with Gasteiger partial charge in [0, 0.05) is 18.4 Å². The van der Waals surface area contributed by atoms with Crippen molar-refractivity contribution in [2.24, 2.45) is 0 Å². The van der Waals surface area contributed by atoms with Gasteiger partial charge in [-0.1, -0.05) is 18.2 Å². The zero-order valence-electron chi connectivity index (χ0n) is 10.3. The second-order valence-electron chi connectivity index (χ2n) is 4.65. The van der Waals surface area contributed by atoms with E-state index in [1.54, 1.807) is 6.20 Å². The number of aromatic nitrogens is 1. The molecule has 0 aliphatic carbocycles. The van der Waals surface area contributed by atoms with Crippen LogP contribution in [-0.2, 0) is 6.42 Å². The molecule has 0 bridgehead atoms. The molecule has 18 heavy (non-hydrogen) atoms. The van der Waals surface area contributed by atoms with E-state index >= 15 is 0 Å². The van der Waals surface area contributed by atoms with Gasteiger partial charge in [-0.05, 0) is 43.0 Å². The Labute approximate surface area is 107 Å². The third-order valence-corrected chi connectivity index (χ3v) is 3.43. The van der Waals surface area contributed by atoms with E-state index in [-0.39, 0.29) is 0 Å². The van der Waals surface area contributed by atoms with Crippen molar-refractivity contribution in [3.63, 3.8) is 0 Å². The van der Waals surface area contributed by atoms with Gasteiger partial charge in [-0.3, -0.25) is 0 Å². The summed E-state index contributed by atoms with van der Waals surface area (Å²) in [6.45, 7) is 0.984. The summed E-state index contributed by atoms with van der Waals surface area (Å²) in [7, 11) is 0. The van der Waals surface area contributed by atoms with Gasteiger partial charge < -0.3 is 10.6 Å². The predicted octanol–water partition coefficient (Wildman–Crippen LogP) is 3.14. The molecular weight excluding hydrogens is 222 g/mol. The van der Waals surface area contributed by atoms with Gasteiger partial charge in [-0.15, -0.1) is 0 Å². The first-order valence-electron chi connectivity index (χ1n) is 6.42. The van der Waals surface area contributed by atoms with Crippen LogP contribution >= 0.6 is 0 Å². The predicted molar refractivity (Wildman–Crippen MR) is 75.0 cm³/mol. The van der Waals surface area contributed by atoms with Crippen LogP contribution in [0.4, 0.5) is 17.2 Å². The Kier molecular flexibility index (Phi) is 2.89. The van der Waals surface area contributed by atoms with Gasteiger partial charge in [-0.25, -0.2) is 4.98 Å². The second kappa shape index (κ2) is 4.69. The molecular formula is C15H17N3. The number of pyridine rings is 1. The molecule has 3 nitrogen and oxygen atoms in total. The lowest BCUT2D eigenvalue weighted by Crippen LogP contribution is -2.20. The van der Waals surface area contributed by atoms with Gasteiger partial charge in [0.15, 0.2) is 5.82 Å². The Morgan fingerprint density at radius 3 is 2.83 bits per heavy atom. The van der Waals surface area contributed by atoms with Crippen molar-refractivity contribution in [1.29, 1.82) is 0 Å². The Morgan fingerprint density at radius 1 is 1.06 bits per heavy atom. The molecule has 3 rings (SSSR count). The number of nitrogens with zero attached hydrogens (tertiary/aromatic N) is 2. The van der Waals surface area contributed by atoms with Crippen molar-refractivity contribution in [1.82, 2.24) is 4.98 Å². The molecule has 0 amide bonds. The van der Waals surface area contributed by atoms with Gasteiger partial charge in [0.05, 0.1) is 5.69 Å².